The first-order valence-corrected chi connectivity index (χ1v) is 21.6. The minimum absolute atomic E-state index is 0.0429. The summed E-state index contributed by atoms with van der Waals surface area (Å²) in [6.07, 6.45) is 0.242. The van der Waals surface area contributed by atoms with E-state index in [1.54, 1.807) is 39.9 Å². The standard InChI is InChI=1S/C47H56N2O8Si/c1-31-26-37-44(51)48(38(28-50)41(31)49(37)45(52)57-46(3,4)5)39(30-56-58(47(6,7)8,34-22-16-12-17-23-34)35-24-18-13-19-25-35)36-27-40(53-9)32(2)42(54-10)43(36)55-29-33-20-14-11-15-21-33/h11-25,27-28,37-39,41H,1,26,29-30H2,2-10H3/t37-,38-,39-,41+/m0/s1. The fourth-order valence-corrected chi connectivity index (χ4v) is 13.2. The molecule has 306 valence electrons. The highest BCUT2D eigenvalue weighted by Gasteiger charge is 2.58. The zero-order valence-electron chi connectivity index (χ0n) is 35.1. The van der Waals surface area contributed by atoms with Gasteiger partial charge in [0, 0.05) is 11.1 Å². The lowest BCUT2D eigenvalue weighted by atomic mass is 9.94. The van der Waals surface area contributed by atoms with Crippen LogP contribution in [0.15, 0.2) is 109 Å². The van der Waals surface area contributed by atoms with Crippen LogP contribution in [0.3, 0.4) is 0 Å². The normalized spacial score (nSPS) is 18.8. The Hall–Kier alpha value is -5.39. The number of benzene rings is 4. The molecule has 4 aromatic carbocycles. The lowest BCUT2D eigenvalue weighted by molar-refractivity contribution is -0.152. The van der Waals surface area contributed by atoms with Crippen LogP contribution in [0, 0.1) is 6.92 Å². The van der Waals surface area contributed by atoms with E-state index in [4.69, 9.17) is 23.4 Å². The highest BCUT2D eigenvalue weighted by Crippen LogP contribution is 2.49. The first kappa shape index (κ1) is 42.2. The smallest absolute Gasteiger partial charge is 0.411 e. The Morgan fingerprint density at radius 1 is 0.879 bits per heavy atom. The van der Waals surface area contributed by atoms with Gasteiger partial charge in [-0.15, -0.1) is 0 Å². The summed E-state index contributed by atoms with van der Waals surface area (Å²) in [6.45, 7) is 18.2. The van der Waals surface area contributed by atoms with Gasteiger partial charge in [-0.05, 0) is 66.7 Å². The Kier molecular flexibility index (Phi) is 12.3. The largest absolute Gasteiger partial charge is 0.496 e. The van der Waals surface area contributed by atoms with Gasteiger partial charge in [0.1, 0.15) is 36.3 Å². The molecule has 0 N–H and O–H groups in total. The summed E-state index contributed by atoms with van der Waals surface area (Å²) in [5.74, 6) is 0.889. The average molecular weight is 805 g/mol. The Morgan fingerprint density at radius 3 is 1.95 bits per heavy atom. The number of piperazine rings is 1. The van der Waals surface area contributed by atoms with Gasteiger partial charge in [-0.3, -0.25) is 9.69 Å². The second-order valence-corrected chi connectivity index (χ2v) is 21.3. The van der Waals surface area contributed by atoms with Crippen LogP contribution >= 0.6 is 0 Å². The summed E-state index contributed by atoms with van der Waals surface area (Å²) >= 11 is 0. The molecule has 0 saturated carbocycles. The number of fused-ring (bicyclic) bond motifs is 2. The van der Waals surface area contributed by atoms with Crippen LogP contribution in [0.5, 0.6) is 17.2 Å². The van der Waals surface area contributed by atoms with E-state index < -0.39 is 55.1 Å². The third kappa shape index (κ3) is 7.89. The molecule has 2 fully saturated rings. The number of likely N-dealkylation sites (tertiary alicyclic amines) is 1. The number of methoxy groups -OCH3 is 2. The molecule has 11 heteroatoms. The number of carbonyl (C=O) groups is 3. The first-order chi connectivity index (χ1) is 27.6. The lowest BCUT2D eigenvalue weighted by Gasteiger charge is -2.49. The number of rotatable bonds is 13. The zero-order valence-corrected chi connectivity index (χ0v) is 36.1. The van der Waals surface area contributed by atoms with E-state index in [9.17, 15) is 9.59 Å². The highest BCUT2D eigenvalue weighted by atomic mass is 28.4. The monoisotopic (exact) mass is 804 g/mol. The fourth-order valence-electron chi connectivity index (χ4n) is 8.60. The molecule has 4 aromatic rings. The van der Waals surface area contributed by atoms with Crippen molar-refractivity contribution in [3.63, 3.8) is 0 Å². The van der Waals surface area contributed by atoms with E-state index in [2.05, 4.69) is 51.6 Å². The second kappa shape index (κ2) is 16.8. The fraction of sp³-hybridized carbons (Fsp3) is 0.383. The van der Waals surface area contributed by atoms with E-state index in [-0.39, 0.29) is 19.6 Å². The van der Waals surface area contributed by atoms with Gasteiger partial charge in [-0.1, -0.05) is 118 Å². The molecule has 58 heavy (non-hydrogen) atoms. The van der Waals surface area contributed by atoms with Gasteiger partial charge < -0.3 is 33.1 Å². The Bertz CT molecular complexity index is 2070. The quantitative estimate of drug-likeness (QED) is 0.0776. The first-order valence-electron chi connectivity index (χ1n) is 19.7. The Labute approximate surface area is 343 Å². The summed E-state index contributed by atoms with van der Waals surface area (Å²) in [6, 6.07) is 28.2. The third-order valence-electron chi connectivity index (χ3n) is 11.1. The van der Waals surface area contributed by atoms with Crippen molar-refractivity contribution in [3.05, 3.63) is 126 Å². The topological polar surface area (TPSA) is 104 Å². The number of ether oxygens (including phenoxy) is 4. The molecule has 0 aromatic heterocycles. The molecule has 0 aliphatic carbocycles. The summed E-state index contributed by atoms with van der Waals surface area (Å²) in [4.78, 5) is 45.7. The number of aldehydes is 1. The molecular weight excluding hydrogens is 749 g/mol. The molecule has 2 heterocycles. The second-order valence-electron chi connectivity index (χ2n) is 17.0. The lowest BCUT2D eigenvalue weighted by Crippen LogP contribution is -2.68. The van der Waals surface area contributed by atoms with Crippen molar-refractivity contribution in [2.75, 3.05) is 20.8 Å². The molecule has 2 saturated heterocycles. The van der Waals surface area contributed by atoms with Crippen molar-refractivity contribution in [3.8, 4) is 17.2 Å². The summed E-state index contributed by atoms with van der Waals surface area (Å²) < 4.78 is 32.1. The van der Waals surface area contributed by atoms with E-state index in [0.29, 0.717) is 33.9 Å². The molecule has 10 nitrogen and oxygen atoms in total. The number of nitrogens with zero attached hydrogens (tertiary/aromatic N) is 2. The van der Waals surface area contributed by atoms with Gasteiger partial charge in [0.25, 0.3) is 8.32 Å². The van der Waals surface area contributed by atoms with Gasteiger partial charge in [0.2, 0.25) is 5.91 Å². The van der Waals surface area contributed by atoms with Gasteiger partial charge >= 0.3 is 6.09 Å². The highest BCUT2D eigenvalue weighted by molar-refractivity contribution is 6.99. The number of hydrogen-bond acceptors (Lipinski definition) is 8. The predicted molar refractivity (Wildman–Crippen MR) is 227 cm³/mol. The predicted octanol–water partition coefficient (Wildman–Crippen LogP) is 7.55. The van der Waals surface area contributed by atoms with Crippen molar-refractivity contribution in [1.82, 2.24) is 9.80 Å². The molecule has 2 aliphatic rings. The molecule has 2 amide bonds. The van der Waals surface area contributed by atoms with E-state index in [1.807, 2.05) is 79.7 Å². The van der Waals surface area contributed by atoms with E-state index >= 15 is 4.79 Å². The van der Waals surface area contributed by atoms with Crippen molar-refractivity contribution < 1.29 is 37.8 Å². The molecular formula is C47H56N2O8Si. The molecule has 6 rings (SSSR count). The van der Waals surface area contributed by atoms with Crippen LogP contribution in [-0.2, 0) is 25.4 Å². The Morgan fingerprint density at radius 2 is 1.45 bits per heavy atom. The Balaban J connectivity index is 1.59. The summed E-state index contributed by atoms with van der Waals surface area (Å²) in [5, 5.41) is 1.69. The van der Waals surface area contributed by atoms with Gasteiger partial charge in [-0.2, -0.15) is 0 Å². The number of hydrogen-bond donors (Lipinski definition) is 0. The maximum Gasteiger partial charge on any atom is 0.411 e. The average Bonchev–Trinajstić information content (AvgIpc) is 3.49. The van der Waals surface area contributed by atoms with Gasteiger partial charge in [0.05, 0.1) is 32.9 Å². The minimum Gasteiger partial charge on any atom is -0.496 e. The number of carbonyl (C=O) groups excluding carboxylic acids is 3. The van der Waals surface area contributed by atoms with E-state index in [0.717, 1.165) is 22.2 Å². The molecule has 0 unspecified atom stereocenters. The molecule has 4 atom stereocenters. The third-order valence-corrected chi connectivity index (χ3v) is 16.1. The molecule has 0 spiro atoms. The van der Waals surface area contributed by atoms with Crippen molar-refractivity contribution in [1.29, 1.82) is 0 Å². The van der Waals surface area contributed by atoms with Crippen LogP contribution < -0.4 is 24.6 Å². The molecule has 0 radical (unpaired) electrons. The van der Waals surface area contributed by atoms with Crippen LogP contribution in [0.25, 0.3) is 0 Å². The van der Waals surface area contributed by atoms with Crippen molar-refractivity contribution >= 4 is 37.0 Å². The summed E-state index contributed by atoms with van der Waals surface area (Å²) in [5.41, 5.74) is 1.91. The maximum atomic E-state index is 15.3. The van der Waals surface area contributed by atoms with Crippen LogP contribution in [0.4, 0.5) is 4.79 Å². The number of amides is 2. The van der Waals surface area contributed by atoms with Crippen LogP contribution in [0.1, 0.15) is 70.7 Å². The van der Waals surface area contributed by atoms with Crippen LogP contribution in [0.2, 0.25) is 5.04 Å². The summed E-state index contributed by atoms with van der Waals surface area (Å²) in [7, 11) is -0.0838. The molecule has 2 bridgehead atoms. The van der Waals surface area contributed by atoms with Crippen molar-refractivity contribution in [2.45, 2.75) is 96.3 Å². The minimum atomic E-state index is -3.23. The van der Waals surface area contributed by atoms with Crippen LogP contribution in [-0.4, -0.2) is 81.0 Å². The zero-order chi connectivity index (χ0) is 42.0. The van der Waals surface area contributed by atoms with Crippen molar-refractivity contribution in [2.24, 2.45) is 0 Å². The SMILES string of the molecule is C=C1C[C@H]2C(=O)N([C@@H](CO[Si](c3ccccc3)(c3ccccc3)C(C)(C)C)c3cc(OC)c(C)c(OC)c3OCc3ccccc3)[C@@H](C=O)[C@@H]1N2C(=O)OC(C)(C)C. The molecule has 2 aliphatic heterocycles. The maximum absolute atomic E-state index is 15.3. The van der Waals surface area contributed by atoms with Gasteiger partial charge in [-0.25, -0.2) is 4.79 Å². The van der Waals surface area contributed by atoms with Gasteiger partial charge in [0.15, 0.2) is 11.5 Å². The van der Waals surface area contributed by atoms with E-state index in [1.165, 1.54) is 4.90 Å².